The Bertz CT molecular complexity index is 1440. The molecule has 1 N–H and O–H groups in total. The number of imidazole rings is 1. The number of carbonyl (C=O) groups is 1. The van der Waals surface area contributed by atoms with E-state index < -0.39 is 0 Å². The van der Waals surface area contributed by atoms with Gasteiger partial charge in [-0.2, -0.15) is 0 Å². The Kier molecular flexibility index (Phi) is 4.47. The van der Waals surface area contributed by atoms with Crippen LogP contribution in [0.5, 0.6) is 0 Å². The number of carbonyl (C=O) groups excluding carboxylic acids is 1. The van der Waals surface area contributed by atoms with Gasteiger partial charge in [0.15, 0.2) is 0 Å². The van der Waals surface area contributed by atoms with Crippen LogP contribution in [-0.2, 0) is 13.6 Å². The van der Waals surface area contributed by atoms with Crippen LogP contribution in [0.3, 0.4) is 0 Å². The number of rotatable bonds is 4. The van der Waals surface area contributed by atoms with Crippen LogP contribution in [-0.4, -0.2) is 25.6 Å². The van der Waals surface area contributed by atoms with Gasteiger partial charge in [-0.25, -0.2) is 14.4 Å². The normalized spacial score (nSPS) is 11.3. The van der Waals surface area contributed by atoms with E-state index in [-0.39, 0.29) is 24.0 Å². The predicted octanol–water partition coefficient (Wildman–Crippen LogP) is 4.15. The summed E-state index contributed by atoms with van der Waals surface area (Å²) in [6.45, 7) is 2.01. The fraction of sp³-hybridized carbons (Fsp3) is 0.130. The molecule has 31 heavy (non-hydrogen) atoms. The first-order valence-electron chi connectivity index (χ1n) is 9.73. The zero-order valence-electron chi connectivity index (χ0n) is 16.9. The van der Waals surface area contributed by atoms with Crippen molar-refractivity contribution < 1.29 is 13.7 Å². The predicted molar refractivity (Wildman–Crippen MR) is 114 cm³/mol. The first kappa shape index (κ1) is 18.9. The summed E-state index contributed by atoms with van der Waals surface area (Å²) >= 11 is 0. The van der Waals surface area contributed by atoms with Crippen LogP contribution in [0.1, 0.15) is 21.9 Å². The van der Waals surface area contributed by atoms with Gasteiger partial charge >= 0.3 is 0 Å². The lowest BCUT2D eigenvalue weighted by Gasteiger charge is -2.09. The number of nitrogens with zero attached hydrogens (tertiary/aromatic N) is 4. The SMILES string of the molecule is Cc1noc2nc(-c3ccc(F)cc3)cc(C(=O)NCc3nc4ccccc4n3C)c12. The fourth-order valence-electron chi connectivity index (χ4n) is 3.65. The molecule has 8 heteroatoms. The van der Waals surface area contributed by atoms with Crippen molar-refractivity contribution in [2.45, 2.75) is 13.5 Å². The Labute approximate surface area is 176 Å². The standard InChI is InChI=1S/C23H18FN5O2/c1-13-21-16(11-18(27-23(21)31-28-13)14-7-9-15(24)10-8-14)22(30)25-12-20-26-17-5-3-4-6-19(17)29(20)2/h3-11H,12H2,1-2H3,(H,25,30). The summed E-state index contributed by atoms with van der Waals surface area (Å²) in [6, 6.07) is 15.4. The maximum Gasteiger partial charge on any atom is 0.259 e. The zero-order valence-corrected chi connectivity index (χ0v) is 16.9. The number of para-hydroxylation sites is 2. The fourth-order valence-corrected chi connectivity index (χ4v) is 3.65. The van der Waals surface area contributed by atoms with Crippen molar-refractivity contribution in [2.24, 2.45) is 7.05 Å². The molecule has 1 amide bonds. The second-order valence-corrected chi connectivity index (χ2v) is 7.27. The van der Waals surface area contributed by atoms with Gasteiger partial charge in [-0.15, -0.1) is 0 Å². The minimum Gasteiger partial charge on any atom is -0.345 e. The third-order valence-corrected chi connectivity index (χ3v) is 5.29. The third-order valence-electron chi connectivity index (χ3n) is 5.29. The number of aromatic nitrogens is 4. The molecule has 3 aromatic heterocycles. The van der Waals surface area contributed by atoms with Gasteiger partial charge in [-0.1, -0.05) is 17.3 Å². The minimum absolute atomic E-state index is 0.254. The van der Waals surface area contributed by atoms with Crippen LogP contribution in [0.25, 0.3) is 33.4 Å². The van der Waals surface area contributed by atoms with Crippen molar-refractivity contribution in [3.63, 3.8) is 0 Å². The average Bonchev–Trinajstić information content (AvgIpc) is 3.32. The number of fused-ring (bicyclic) bond motifs is 2. The molecule has 0 fully saturated rings. The van der Waals surface area contributed by atoms with E-state index in [0.717, 1.165) is 16.9 Å². The Balaban J connectivity index is 1.50. The average molecular weight is 415 g/mol. The molecule has 0 radical (unpaired) electrons. The van der Waals surface area contributed by atoms with E-state index in [9.17, 15) is 9.18 Å². The number of halogens is 1. The van der Waals surface area contributed by atoms with Gasteiger partial charge in [0.1, 0.15) is 11.6 Å². The van der Waals surface area contributed by atoms with Crippen LogP contribution < -0.4 is 5.32 Å². The van der Waals surface area contributed by atoms with E-state index in [4.69, 9.17) is 4.52 Å². The molecule has 0 aliphatic heterocycles. The molecule has 0 aliphatic carbocycles. The van der Waals surface area contributed by atoms with Crippen molar-refractivity contribution >= 4 is 28.0 Å². The first-order valence-corrected chi connectivity index (χ1v) is 9.73. The molecular formula is C23H18FN5O2. The summed E-state index contributed by atoms with van der Waals surface area (Å²) in [6.07, 6.45) is 0. The Morgan fingerprint density at radius 2 is 1.90 bits per heavy atom. The Morgan fingerprint density at radius 1 is 1.13 bits per heavy atom. The van der Waals surface area contributed by atoms with E-state index in [0.29, 0.717) is 27.9 Å². The molecule has 0 bridgehead atoms. The van der Waals surface area contributed by atoms with Crippen LogP contribution >= 0.6 is 0 Å². The number of pyridine rings is 1. The lowest BCUT2D eigenvalue weighted by atomic mass is 10.1. The van der Waals surface area contributed by atoms with E-state index in [1.807, 2.05) is 35.9 Å². The van der Waals surface area contributed by atoms with E-state index >= 15 is 0 Å². The van der Waals surface area contributed by atoms with Crippen molar-refractivity contribution in [3.05, 3.63) is 77.5 Å². The molecule has 5 rings (SSSR count). The van der Waals surface area contributed by atoms with Gasteiger partial charge < -0.3 is 14.4 Å². The van der Waals surface area contributed by atoms with Gasteiger partial charge in [0, 0.05) is 12.6 Å². The van der Waals surface area contributed by atoms with Gasteiger partial charge in [-0.3, -0.25) is 4.79 Å². The Hall–Kier alpha value is -4.07. The smallest absolute Gasteiger partial charge is 0.259 e. The molecular weight excluding hydrogens is 397 g/mol. The van der Waals surface area contributed by atoms with Crippen molar-refractivity contribution in [1.82, 2.24) is 25.0 Å². The number of hydrogen-bond donors (Lipinski definition) is 1. The van der Waals surface area contributed by atoms with Gasteiger partial charge in [-0.05, 0) is 49.4 Å². The maximum absolute atomic E-state index is 13.3. The summed E-state index contributed by atoms with van der Waals surface area (Å²) < 4.78 is 20.6. The van der Waals surface area contributed by atoms with Gasteiger partial charge in [0.2, 0.25) is 0 Å². The van der Waals surface area contributed by atoms with Crippen LogP contribution in [0.15, 0.2) is 59.1 Å². The number of hydrogen-bond acceptors (Lipinski definition) is 5. The summed E-state index contributed by atoms with van der Waals surface area (Å²) in [5.74, 6) is 0.0931. The Morgan fingerprint density at radius 3 is 2.68 bits per heavy atom. The minimum atomic E-state index is -0.347. The number of benzene rings is 2. The number of aryl methyl sites for hydroxylation is 2. The number of nitrogens with one attached hydrogen (secondary N) is 1. The first-order chi connectivity index (χ1) is 15.0. The van der Waals surface area contributed by atoms with Gasteiger partial charge in [0.25, 0.3) is 11.6 Å². The molecule has 0 unspecified atom stereocenters. The largest absolute Gasteiger partial charge is 0.345 e. The lowest BCUT2D eigenvalue weighted by Crippen LogP contribution is -2.25. The molecule has 7 nitrogen and oxygen atoms in total. The summed E-state index contributed by atoms with van der Waals surface area (Å²) in [7, 11) is 1.91. The molecule has 0 saturated heterocycles. The molecule has 5 aromatic rings. The van der Waals surface area contributed by atoms with Crippen molar-refractivity contribution in [1.29, 1.82) is 0 Å². The van der Waals surface area contributed by atoms with Crippen molar-refractivity contribution in [3.8, 4) is 11.3 Å². The highest BCUT2D eigenvalue weighted by atomic mass is 19.1. The molecule has 3 heterocycles. The van der Waals surface area contributed by atoms with Crippen LogP contribution in [0.4, 0.5) is 4.39 Å². The molecule has 154 valence electrons. The summed E-state index contributed by atoms with van der Waals surface area (Å²) in [5.41, 5.74) is 4.24. The molecule has 0 aliphatic rings. The van der Waals surface area contributed by atoms with Gasteiger partial charge in [0.05, 0.1) is 39.9 Å². The molecule has 0 spiro atoms. The van der Waals surface area contributed by atoms with E-state index in [1.54, 1.807) is 25.1 Å². The monoisotopic (exact) mass is 415 g/mol. The molecule has 0 saturated carbocycles. The topological polar surface area (TPSA) is 85.8 Å². The maximum atomic E-state index is 13.3. The highest BCUT2D eigenvalue weighted by Gasteiger charge is 2.20. The second-order valence-electron chi connectivity index (χ2n) is 7.27. The molecule has 0 atom stereocenters. The second kappa shape index (κ2) is 7.32. The summed E-state index contributed by atoms with van der Waals surface area (Å²) in [5, 5.41) is 7.44. The van der Waals surface area contributed by atoms with Crippen LogP contribution in [0, 0.1) is 12.7 Å². The van der Waals surface area contributed by atoms with E-state index in [2.05, 4.69) is 20.4 Å². The van der Waals surface area contributed by atoms with Crippen molar-refractivity contribution in [2.75, 3.05) is 0 Å². The number of amides is 1. The summed E-state index contributed by atoms with van der Waals surface area (Å²) in [4.78, 5) is 22.2. The zero-order chi connectivity index (χ0) is 21.5. The van der Waals surface area contributed by atoms with E-state index in [1.165, 1.54) is 12.1 Å². The lowest BCUT2D eigenvalue weighted by molar-refractivity contribution is 0.0951. The highest BCUT2D eigenvalue weighted by molar-refractivity contribution is 6.07. The highest BCUT2D eigenvalue weighted by Crippen LogP contribution is 2.27. The quantitative estimate of drug-likeness (QED) is 0.477. The molecule has 2 aromatic carbocycles. The van der Waals surface area contributed by atoms with Crippen LogP contribution in [0.2, 0.25) is 0 Å². The third kappa shape index (κ3) is 3.31.